The minimum atomic E-state index is 0.0869. The third-order valence-corrected chi connectivity index (χ3v) is 4.83. The summed E-state index contributed by atoms with van der Waals surface area (Å²) in [5, 5.41) is 6.35. The summed E-state index contributed by atoms with van der Waals surface area (Å²) in [5.74, 6) is 1.96. The molecule has 1 amide bonds. The fourth-order valence-electron chi connectivity index (χ4n) is 3.32. The highest BCUT2D eigenvalue weighted by molar-refractivity contribution is 5.77. The lowest BCUT2D eigenvalue weighted by molar-refractivity contribution is -0.122. The molecule has 0 unspecified atom stereocenters. The molecule has 1 aromatic heterocycles. The van der Waals surface area contributed by atoms with Crippen LogP contribution in [0.2, 0.25) is 0 Å². The molecule has 1 aliphatic rings. The van der Waals surface area contributed by atoms with Gasteiger partial charge in [-0.25, -0.2) is 0 Å². The number of nitrogens with zero attached hydrogens (tertiary/aromatic N) is 1. The molecule has 1 atom stereocenters. The molecular formula is C20H27N3O2. The number of rotatable bonds is 6. The van der Waals surface area contributed by atoms with Crippen LogP contribution < -0.4 is 10.6 Å². The molecule has 2 aromatic rings. The van der Waals surface area contributed by atoms with Crippen molar-refractivity contribution in [1.82, 2.24) is 15.5 Å². The van der Waals surface area contributed by atoms with Gasteiger partial charge in [-0.15, -0.1) is 0 Å². The first-order valence-electron chi connectivity index (χ1n) is 9.00. The summed E-state index contributed by atoms with van der Waals surface area (Å²) in [7, 11) is 1.69. The normalized spacial score (nSPS) is 17.4. The van der Waals surface area contributed by atoms with Crippen molar-refractivity contribution >= 4 is 5.91 Å². The third kappa shape index (κ3) is 4.71. The van der Waals surface area contributed by atoms with Gasteiger partial charge >= 0.3 is 0 Å². The minimum Gasteiger partial charge on any atom is -0.459 e. The number of carbonyl (C=O) groups is 1. The van der Waals surface area contributed by atoms with Crippen LogP contribution >= 0.6 is 0 Å². The van der Waals surface area contributed by atoms with Crippen molar-refractivity contribution in [3.8, 4) is 11.3 Å². The summed E-state index contributed by atoms with van der Waals surface area (Å²) in [6.45, 7) is 4.54. The van der Waals surface area contributed by atoms with Crippen molar-refractivity contribution in [3.05, 3.63) is 48.2 Å². The number of furan rings is 1. The number of likely N-dealkylation sites (N-methyl/N-ethyl adjacent to an activating group) is 1. The Balaban J connectivity index is 1.51. The minimum absolute atomic E-state index is 0.0869. The maximum atomic E-state index is 11.5. The molecule has 5 heteroatoms. The Morgan fingerprint density at radius 3 is 2.60 bits per heavy atom. The Morgan fingerprint density at radius 2 is 1.92 bits per heavy atom. The number of likely N-dealkylation sites (tertiary alicyclic amines) is 1. The van der Waals surface area contributed by atoms with Crippen molar-refractivity contribution < 1.29 is 9.21 Å². The van der Waals surface area contributed by atoms with Crippen molar-refractivity contribution in [1.29, 1.82) is 0 Å². The summed E-state index contributed by atoms with van der Waals surface area (Å²) < 4.78 is 6.04. The molecule has 0 saturated carbocycles. The van der Waals surface area contributed by atoms with Crippen LogP contribution in [0.1, 0.15) is 31.6 Å². The number of amides is 1. The number of hydrogen-bond donors (Lipinski definition) is 2. The van der Waals surface area contributed by atoms with Crippen LogP contribution in [0.4, 0.5) is 0 Å². The molecule has 134 valence electrons. The second-order valence-corrected chi connectivity index (χ2v) is 6.68. The van der Waals surface area contributed by atoms with E-state index in [1.807, 2.05) is 24.3 Å². The summed E-state index contributed by atoms with van der Waals surface area (Å²) in [6, 6.07) is 14.9. The number of nitrogens with one attached hydrogen (secondary N) is 2. The van der Waals surface area contributed by atoms with Crippen LogP contribution in [0.25, 0.3) is 11.3 Å². The molecule has 0 radical (unpaired) electrons. The molecule has 1 fully saturated rings. The van der Waals surface area contributed by atoms with Gasteiger partial charge in [-0.2, -0.15) is 0 Å². The number of carbonyl (C=O) groups excluding carboxylic acids is 1. The fraction of sp³-hybridized carbons (Fsp3) is 0.450. The van der Waals surface area contributed by atoms with Crippen LogP contribution in [0.5, 0.6) is 0 Å². The molecule has 2 N–H and O–H groups in total. The summed E-state index contributed by atoms with van der Waals surface area (Å²) in [4.78, 5) is 13.7. The first kappa shape index (κ1) is 17.7. The average Bonchev–Trinajstić information content (AvgIpc) is 3.14. The van der Waals surface area contributed by atoms with Crippen molar-refractivity contribution in [2.45, 2.75) is 31.8 Å². The highest BCUT2D eigenvalue weighted by Crippen LogP contribution is 2.26. The van der Waals surface area contributed by atoms with E-state index in [0.29, 0.717) is 12.6 Å². The third-order valence-electron chi connectivity index (χ3n) is 4.83. The SMILES string of the molecule is CNC(=O)CN1CCC(N[C@H](C)c2ccc(-c3ccccc3)o2)CC1. The molecule has 1 aromatic carbocycles. The zero-order valence-corrected chi connectivity index (χ0v) is 15.0. The molecule has 3 rings (SSSR count). The van der Waals surface area contributed by atoms with E-state index < -0.39 is 0 Å². The Bertz CT molecular complexity index is 675. The average molecular weight is 341 g/mol. The number of benzene rings is 1. The first-order chi connectivity index (χ1) is 12.2. The topological polar surface area (TPSA) is 57.5 Å². The second-order valence-electron chi connectivity index (χ2n) is 6.68. The Hall–Kier alpha value is -2.11. The van der Waals surface area contributed by atoms with Crippen LogP contribution in [0.15, 0.2) is 46.9 Å². The molecule has 1 saturated heterocycles. The van der Waals surface area contributed by atoms with Gasteiger partial charge in [0.05, 0.1) is 12.6 Å². The Labute approximate surface area is 149 Å². The highest BCUT2D eigenvalue weighted by atomic mass is 16.3. The predicted molar refractivity (Wildman–Crippen MR) is 99.2 cm³/mol. The maximum Gasteiger partial charge on any atom is 0.233 e. The van der Waals surface area contributed by atoms with Gasteiger partial charge in [-0.05, 0) is 31.9 Å². The van der Waals surface area contributed by atoms with Gasteiger partial charge < -0.3 is 15.1 Å². The fourth-order valence-corrected chi connectivity index (χ4v) is 3.32. The standard InChI is InChI=1S/C20H27N3O2/c1-15(18-8-9-19(25-18)16-6-4-3-5-7-16)22-17-10-12-23(13-11-17)14-20(24)21-2/h3-9,15,17,22H,10-14H2,1-2H3,(H,21,24)/t15-/m1/s1. The summed E-state index contributed by atoms with van der Waals surface area (Å²) in [5.41, 5.74) is 1.10. The predicted octanol–water partition coefficient (Wildman–Crippen LogP) is 2.81. The summed E-state index contributed by atoms with van der Waals surface area (Å²) >= 11 is 0. The number of hydrogen-bond acceptors (Lipinski definition) is 4. The van der Waals surface area contributed by atoms with E-state index in [0.717, 1.165) is 43.0 Å². The molecule has 5 nitrogen and oxygen atoms in total. The molecule has 0 spiro atoms. The van der Waals surface area contributed by atoms with Gasteiger partial charge in [0, 0.05) is 31.7 Å². The Morgan fingerprint density at radius 1 is 1.20 bits per heavy atom. The quantitative estimate of drug-likeness (QED) is 0.848. The molecule has 2 heterocycles. The van der Waals surface area contributed by atoms with Gasteiger partial charge in [0.1, 0.15) is 11.5 Å². The maximum absolute atomic E-state index is 11.5. The van der Waals surface area contributed by atoms with Crippen LogP contribution in [0.3, 0.4) is 0 Å². The molecular weight excluding hydrogens is 314 g/mol. The monoisotopic (exact) mass is 341 g/mol. The van der Waals surface area contributed by atoms with E-state index in [1.54, 1.807) is 7.05 Å². The highest BCUT2D eigenvalue weighted by Gasteiger charge is 2.23. The summed E-state index contributed by atoms with van der Waals surface area (Å²) in [6.07, 6.45) is 2.10. The van der Waals surface area contributed by atoms with E-state index in [1.165, 1.54) is 0 Å². The lowest BCUT2D eigenvalue weighted by Gasteiger charge is -2.33. The van der Waals surface area contributed by atoms with E-state index >= 15 is 0 Å². The van der Waals surface area contributed by atoms with E-state index in [4.69, 9.17) is 4.42 Å². The van der Waals surface area contributed by atoms with Crippen LogP contribution in [-0.4, -0.2) is 43.5 Å². The zero-order chi connectivity index (χ0) is 17.6. The van der Waals surface area contributed by atoms with Gasteiger partial charge in [0.15, 0.2) is 0 Å². The van der Waals surface area contributed by atoms with Crippen molar-refractivity contribution in [2.24, 2.45) is 0 Å². The Kier molecular flexibility index (Phi) is 5.89. The zero-order valence-electron chi connectivity index (χ0n) is 15.0. The van der Waals surface area contributed by atoms with E-state index in [2.05, 4.69) is 40.7 Å². The van der Waals surface area contributed by atoms with Gasteiger partial charge in [-0.3, -0.25) is 9.69 Å². The van der Waals surface area contributed by atoms with Gasteiger partial charge in [0.25, 0.3) is 0 Å². The van der Waals surface area contributed by atoms with E-state index in [9.17, 15) is 4.79 Å². The lowest BCUT2D eigenvalue weighted by Crippen LogP contribution is -2.46. The largest absolute Gasteiger partial charge is 0.459 e. The van der Waals surface area contributed by atoms with Gasteiger partial charge in [0.2, 0.25) is 5.91 Å². The van der Waals surface area contributed by atoms with Crippen molar-refractivity contribution in [2.75, 3.05) is 26.7 Å². The van der Waals surface area contributed by atoms with Crippen LogP contribution in [0, 0.1) is 0 Å². The lowest BCUT2D eigenvalue weighted by atomic mass is 10.0. The molecule has 0 aliphatic carbocycles. The van der Waals surface area contributed by atoms with Crippen molar-refractivity contribution in [3.63, 3.8) is 0 Å². The van der Waals surface area contributed by atoms with Gasteiger partial charge in [-0.1, -0.05) is 30.3 Å². The first-order valence-corrected chi connectivity index (χ1v) is 9.00. The molecule has 0 bridgehead atoms. The second kappa shape index (κ2) is 8.32. The van der Waals surface area contributed by atoms with E-state index in [-0.39, 0.29) is 11.9 Å². The molecule has 25 heavy (non-hydrogen) atoms. The van der Waals surface area contributed by atoms with Crippen LogP contribution in [-0.2, 0) is 4.79 Å². The smallest absolute Gasteiger partial charge is 0.233 e. The number of piperidine rings is 1. The molecule has 1 aliphatic heterocycles.